The highest BCUT2D eigenvalue weighted by Gasteiger charge is 2.22. The lowest BCUT2D eigenvalue weighted by Gasteiger charge is -2.05. The molecule has 0 aromatic heterocycles. The molecule has 0 fully saturated rings. The summed E-state index contributed by atoms with van der Waals surface area (Å²) in [5.41, 5.74) is -0.377. The van der Waals surface area contributed by atoms with Crippen LogP contribution in [0.15, 0.2) is 4.99 Å². The third-order valence-corrected chi connectivity index (χ3v) is 2.05. The molecular formula is C13H21NO6. The Kier molecular flexibility index (Phi) is 9.90. The number of hydrogen-bond acceptors (Lipinski definition) is 7. The molecule has 0 aromatic rings. The first-order chi connectivity index (χ1) is 9.56. The van der Waals surface area contributed by atoms with Gasteiger partial charge in [0.15, 0.2) is 0 Å². The van der Waals surface area contributed by atoms with Crippen LogP contribution >= 0.6 is 0 Å². The molecule has 0 saturated heterocycles. The summed E-state index contributed by atoms with van der Waals surface area (Å²) < 4.78 is 14.2. The van der Waals surface area contributed by atoms with Crippen LogP contribution in [0.5, 0.6) is 0 Å². The van der Waals surface area contributed by atoms with E-state index in [-0.39, 0.29) is 37.9 Å². The van der Waals surface area contributed by atoms with Crippen LogP contribution < -0.4 is 0 Å². The Morgan fingerprint density at radius 2 is 1.35 bits per heavy atom. The van der Waals surface area contributed by atoms with Gasteiger partial charge in [0.1, 0.15) is 0 Å². The lowest BCUT2D eigenvalue weighted by molar-refractivity contribution is -0.143. The monoisotopic (exact) mass is 287 g/mol. The van der Waals surface area contributed by atoms with E-state index in [4.69, 9.17) is 14.2 Å². The number of carbonyl (C=O) groups excluding carboxylic acids is 3. The number of hydrogen-bond donors (Lipinski definition) is 0. The zero-order valence-electron chi connectivity index (χ0n) is 12.1. The lowest BCUT2D eigenvalue weighted by atomic mass is 10.3. The number of ether oxygens (including phenoxy) is 3. The predicted molar refractivity (Wildman–Crippen MR) is 71.4 cm³/mol. The molecule has 0 atom stereocenters. The van der Waals surface area contributed by atoms with Gasteiger partial charge in [0.2, 0.25) is 5.71 Å². The maximum atomic E-state index is 11.5. The fourth-order valence-electron chi connectivity index (χ4n) is 1.26. The van der Waals surface area contributed by atoms with Crippen molar-refractivity contribution in [2.45, 2.75) is 33.6 Å². The fraction of sp³-hybridized carbons (Fsp3) is 0.692. The third kappa shape index (κ3) is 7.50. The van der Waals surface area contributed by atoms with E-state index in [1.165, 1.54) is 0 Å². The van der Waals surface area contributed by atoms with Crippen molar-refractivity contribution in [3.05, 3.63) is 0 Å². The van der Waals surface area contributed by atoms with E-state index in [9.17, 15) is 14.4 Å². The first-order valence-electron chi connectivity index (χ1n) is 6.61. The zero-order valence-corrected chi connectivity index (χ0v) is 12.1. The van der Waals surface area contributed by atoms with Gasteiger partial charge in [0, 0.05) is 13.0 Å². The van der Waals surface area contributed by atoms with E-state index in [2.05, 4.69) is 4.99 Å². The van der Waals surface area contributed by atoms with Crippen LogP contribution in [-0.2, 0) is 28.6 Å². The van der Waals surface area contributed by atoms with Gasteiger partial charge < -0.3 is 14.2 Å². The maximum Gasteiger partial charge on any atom is 0.364 e. The zero-order chi connectivity index (χ0) is 15.4. The van der Waals surface area contributed by atoms with Crippen molar-refractivity contribution in [1.82, 2.24) is 0 Å². The summed E-state index contributed by atoms with van der Waals surface area (Å²) in [4.78, 5) is 38.0. The van der Waals surface area contributed by atoms with E-state index in [0.717, 1.165) is 0 Å². The molecule has 0 bridgehead atoms. The predicted octanol–water partition coefficient (Wildman–Crippen LogP) is 0.897. The summed E-state index contributed by atoms with van der Waals surface area (Å²) in [6.45, 7) is 5.71. The van der Waals surface area contributed by atoms with Crippen molar-refractivity contribution in [2.24, 2.45) is 4.99 Å². The Bertz CT molecular complexity index is 344. The Morgan fingerprint density at radius 1 is 0.850 bits per heavy atom. The van der Waals surface area contributed by atoms with Crippen LogP contribution in [0.3, 0.4) is 0 Å². The number of carbonyl (C=O) groups is 3. The number of aliphatic imine (C=N–C) groups is 1. The van der Waals surface area contributed by atoms with Gasteiger partial charge in [-0.05, 0) is 27.2 Å². The Labute approximate surface area is 118 Å². The van der Waals surface area contributed by atoms with Crippen LogP contribution in [0.2, 0.25) is 0 Å². The van der Waals surface area contributed by atoms with Crippen molar-refractivity contribution in [1.29, 1.82) is 0 Å². The van der Waals surface area contributed by atoms with Crippen LogP contribution in [0.25, 0.3) is 0 Å². The molecule has 7 nitrogen and oxygen atoms in total. The molecule has 0 aromatic carbocycles. The first kappa shape index (κ1) is 18.1. The molecule has 0 radical (unpaired) electrons. The van der Waals surface area contributed by atoms with Crippen molar-refractivity contribution in [2.75, 3.05) is 26.4 Å². The van der Waals surface area contributed by atoms with Crippen LogP contribution in [0.4, 0.5) is 0 Å². The molecule has 20 heavy (non-hydrogen) atoms. The molecule has 0 aliphatic rings. The summed E-state index contributed by atoms with van der Waals surface area (Å²) in [6, 6.07) is 0. The molecule has 0 aliphatic heterocycles. The van der Waals surface area contributed by atoms with Gasteiger partial charge >= 0.3 is 17.9 Å². The molecule has 0 aliphatic carbocycles. The summed E-state index contributed by atoms with van der Waals surface area (Å²) >= 11 is 0. The van der Waals surface area contributed by atoms with Crippen molar-refractivity contribution in [3.8, 4) is 0 Å². The van der Waals surface area contributed by atoms with E-state index in [1.54, 1.807) is 20.8 Å². The Morgan fingerprint density at radius 3 is 1.80 bits per heavy atom. The van der Waals surface area contributed by atoms with Crippen LogP contribution in [0, 0.1) is 0 Å². The van der Waals surface area contributed by atoms with Gasteiger partial charge in [-0.25, -0.2) is 9.59 Å². The second kappa shape index (κ2) is 11.0. The van der Waals surface area contributed by atoms with Gasteiger partial charge in [-0.3, -0.25) is 9.79 Å². The minimum atomic E-state index is -0.818. The van der Waals surface area contributed by atoms with E-state index >= 15 is 0 Å². The second-order valence-corrected chi connectivity index (χ2v) is 3.58. The average molecular weight is 287 g/mol. The fourth-order valence-corrected chi connectivity index (χ4v) is 1.26. The number of nitrogens with zero attached hydrogens (tertiary/aromatic N) is 1. The van der Waals surface area contributed by atoms with E-state index in [1.807, 2.05) is 0 Å². The number of rotatable bonds is 9. The second-order valence-electron chi connectivity index (χ2n) is 3.58. The van der Waals surface area contributed by atoms with Crippen molar-refractivity contribution >= 4 is 23.6 Å². The topological polar surface area (TPSA) is 91.3 Å². The average Bonchev–Trinajstić information content (AvgIpc) is 2.39. The molecule has 0 heterocycles. The van der Waals surface area contributed by atoms with E-state index in [0.29, 0.717) is 13.0 Å². The third-order valence-electron chi connectivity index (χ3n) is 2.05. The minimum Gasteiger partial charge on any atom is -0.466 e. The van der Waals surface area contributed by atoms with Gasteiger partial charge in [0.25, 0.3) is 0 Å². The largest absolute Gasteiger partial charge is 0.466 e. The lowest BCUT2D eigenvalue weighted by Crippen LogP contribution is -2.28. The first-order valence-corrected chi connectivity index (χ1v) is 6.61. The highest BCUT2D eigenvalue weighted by molar-refractivity contribution is 6.62. The molecule has 0 N–H and O–H groups in total. The standard InChI is InChI=1S/C13H21NO6/c1-4-18-10(15)8-7-9-14-11(12(16)19-5-2)13(17)20-6-3/h4-9H2,1-3H3. The van der Waals surface area contributed by atoms with Gasteiger partial charge in [0.05, 0.1) is 19.8 Å². The van der Waals surface area contributed by atoms with E-state index < -0.39 is 11.9 Å². The number of esters is 3. The summed E-state index contributed by atoms with van der Waals surface area (Å²) in [5.74, 6) is -1.97. The Balaban J connectivity index is 4.46. The highest BCUT2D eigenvalue weighted by atomic mass is 16.6. The summed E-state index contributed by atoms with van der Waals surface area (Å²) in [7, 11) is 0. The normalized spacial score (nSPS) is 9.55. The molecule has 0 rings (SSSR count). The molecule has 0 saturated carbocycles. The molecule has 0 amide bonds. The Hall–Kier alpha value is -1.92. The molecule has 0 unspecified atom stereocenters. The van der Waals surface area contributed by atoms with Crippen LogP contribution in [-0.4, -0.2) is 50.0 Å². The van der Waals surface area contributed by atoms with Gasteiger partial charge in [-0.2, -0.15) is 0 Å². The SMILES string of the molecule is CCOC(=O)CCCN=C(C(=O)OCC)C(=O)OCC. The van der Waals surface area contributed by atoms with Crippen LogP contribution in [0.1, 0.15) is 33.6 Å². The van der Waals surface area contributed by atoms with Gasteiger partial charge in [-0.1, -0.05) is 0 Å². The van der Waals surface area contributed by atoms with Crippen molar-refractivity contribution < 1.29 is 28.6 Å². The highest BCUT2D eigenvalue weighted by Crippen LogP contribution is 1.97. The molecule has 0 spiro atoms. The summed E-state index contributed by atoms with van der Waals surface area (Å²) in [5, 5.41) is 0. The quantitative estimate of drug-likeness (QED) is 0.206. The smallest absolute Gasteiger partial charge is 0.364 e. The minimum absolute atomic E-state index is 0.139. The van der Waals surface area contributed by atoms with Crippen molar-refractivity contribution in [3.63, 3.8) is 0 Å². The molecular weight excluding hydrogens is 266 g/mol. The molecule has 114 valence electrons. The maximum absolute atomic E-state index is 11.5. The molecule has 7 heteroatoms. The van der Waals surface area contributed by atoms with Gasteiger partial charge in [-0.15, -0.1) is 0 Å². The summed E-state index contributed by atoms with van der Waals surface area (Å²) in [6.07, 6.45) is 0.553.